The van der Waals surface area contributed by atoms with E-state index in [0.717, 1.165) is 12.0 Å². The normalized spacial score (nSPS) is 14.8. The summed E-state index contributed by atoms with van der Waals surface area (Å²) in [4.78, 5) is 0. The molecule has 0 spiro atoms. The number of hydrogen-bond acceptors (Lipinski definition) is 2. The van der Waals surface area contributed by atoms with Crippen molar-refractivity contribution in [1.82, 2.24) is 5.32 Å². The monoisotopic (exact) mass is 261 g/mol. The Morgan fingerprint density at radius 1 is 1.38 bits per heavy atom. The van der Waals surface area contributed by atoms with Crippen molar-refractivity contribution >= 4 is 23.2 Å². The Labute approximate surface area is 107 Å². The summed E-state index contributed by atoms with van der Waals surface area (Å²) < 4.78 is 0. The molecule has 0 aliphatic heterocycles. The van der Waals surface area contributed by atoms with Crippen LogP contribution in [0.2, 0.25) is 10.0 Å². The summed E-state index contributed by atoms with van der Waals surface area (Å²) in [6.07, 6.45) is 0.874. The maximum absolute atomic E-state index is 9.12. The van der Waals surface area contributed by atoms with Crippen LogP contribution in [0.4, 0.5) is 0 Å². The smallest absolute Gasteiger partial charge is 0.0639 e. The fraction of sp³-hybridized carbons (Fsp3) is 0.500. The molecule has 0 saturated heterocycles. The number of hydrogen-bond donors (Lipinski definition) is 2. The number of rotatable bonds is 5. The van der Waals surface area contributed by atoms with Gasteiger partial charge >= 0.3 is 0 Å². The van der Waals surface area contributed by atoms with Gasteiger partial charge in [-0.1, -0.05) is 42.3 Å². The third-order valence-electron chi connectivity index (χ3n) is 2.65. The number of aliphatic hydroxyl groups is 1. The minimum atomic E-state index is 0.0725. The molecule has 0 amide bonds. The van der Waals surface area contributed by atoms with E-state index >= 15 is 0 Å². The zero-order valence-corrected chi connectivity index (χ0v) is 11.0. The molecule has 1 aromatic rings. The number of benzene rings is 1. The van der Waals surface area contributed by atoms with Crippen molar-refractivity contribution in [3.63, 3.8) is 0 Å². The van der Waals surface area contributed by atoms with Crippen molar-refractivity contribution in [3.05, 3.63) is 33.8 Å². The van der Waals surface area contributed by atoms with Crippen LogP contribution in [0.15, 0.2) is 18.2 Å². The van der Waals surface area contributed by atoms with Crippen molar-refractivity contribution < 1.29 is 5.11 Å². The average Bonchev–Trinajstić information content (AvgIpc) is 2.29. The summed E-state index contributed by atoms with van der Waals surface area (Å²) in [5, 5.41) is 13.6. The molecule has 1 aromatic carbocycles. The lowest BCUT2D eigenvalue weighted by Crippen LogP contribution is -2.34. The largest absolute Gasteiger partial charge is 0.395 e. The Kier molecular flexibility index (Phi) is 5.56. The Morgan fingerprint density at radius 3 is 2.62 bits per heavy atom. The fourth-order valence-electron chi connectivity index (χ4n) is 1.60. The summed E-state index contributed by atoms with van der Waals surface area (Å²) in [5.74, 6) is 0. The lowest BCUT2D eigenvalue weighted by molar-refractivity contribution is 0.230. The number of halogens is 2. The predicted molar refractivity (Wildman–Crippen MR) is 69.2 cm³/mol. The van der Waals surface area contributed by atoms with Gasteiger partial charge in [-0.25, -0.2) is 0 Å². The van der Waals surface area contributed by atoms with Crippen LogP contribution in [0, 0.1) is 0 Å². The molecule has 2 unspecified atom stereocenters. The molecule has 2 N–H and O–H groups in total. The molecule has 0 saturated carbocycles. The molecule has 2 atom stereocenters. The van der Waals surface area contributed by atoms with Gasteiger partial charge < -0.3 is 10.4 Å². The lowest BCUT2D eigenvalue weighted by Gasteiger charge is -2.21. The Morgan fingerprint density at radius 2 is 2.06 bits per heavy atom. The minimum Gasteiger partial charge on any atom is -0.395 e. The fourth-order valence-corrected chi connectivity index (χ4v) is 2.07. The molecule has 0 aliphatic carbocycles. The second kappa shape index (κ2) is 6.45. The second-order valence-corrected chi connectivity index (χ2v) is 4.60. The third kappa shape index (κ3) is 3.36. The van der Waals surface area contributed by atoms with Crippen LogP contribution in [0.3, 0.4) is 0 Å². The van der Waals surface area contributed by atoms with Gasteiger partial charge in [-0.05, 0) is 25.0 Å². The van der Waals surface area contributed by atoms with E-state index < -0.39 is 0 Å². The van der Waals surface area contributed by atoms with Gasteiger partial charge in [-0.15, -0.1) is 0 Å². The second-order valence-electron chi connectivity index (χ2n) is 3.82. The van der Waals surface area contributed by atoms with E-state index in [9.17, 15) is 0 Å². The van der Waals surface area contributed by atoms with Gasteiger partial charge in [-0.2, -0.15) is 0 Å². The summed E-state index contributed by atoms with van der Waals surface area (Å²) in [6.45, 7) is 4.16. The molecule has 16 heavy (non-hydrogen) atoms. The molecule has 2 nitrogen and oxygen atoms in total. The molecule has 0 radical (unpaired) electrons. The first kappa shape index (κ1) is 13.8. The summed E-state index contributed by atoms with van der Waals surface area (Å²) in [5.41, 5.74) is 0.959. The van der Waals surface area contributed by atoms with Gasteiger partial charge in [0.25, 0.3) is 0 Å². The van der Waals surface area contributed by atoms with Gasteiger partial charge in [0, 0.05) is 12.1 Å². The molecule has 4 heteroatoms. The number of nitrogens with one attached hydrogen (secondary N) is 1. The standard InChI is InChI=1S/C12H17Cl2NO/c1-3-9(7-16)15-8(2)10-5-4-6-11(13)12(10)14/h4-6,8-9,15-16H,3,7H2,1-2H3. The maximum Gasteiger partial charge on any atom is 0.0639 e. The van der Waals surface area contributed by atoms with Gasteiger partial charge in [0.2, 0.25) is 0 Å². The Bertz CT molecular complexity index is 340. The first-order valence-electron chi connectivity index (χ1n) is 5.41. The van der Waals surface area contributed by atoms with Gasteiger partial charge in [0.1, 0.15) is 0 Å². The molecule has 1 rings (SSSR count). The quantitative estimate of drug-likeness (QED) is 0.852. The molecule has 90 valence electrons. The minimum absolute atomic E-state index is 0.0725. The SMILES string of the molecule is CCC(CO)NC(C)c1cccc(Cl)c1Cl. The van der Waals surface area contributed by atoms with Crippen LogP contribution >= 0.6 is 23.2 Å². The number of aliphatic hydroxyl groups excluding tert-OH is 1. The highest BCUT2D eigenvalue weighted by molar-refractivity contribution is 6.42. The van der Waals surface area contributed by atoms with Crippen molar-refractivity contribution in [1.29, 1.82) is 0 Å². The molecule has 0 aliphatic rings. The zero-order chi connectivity index (χ0) is 12.1. The highest BCUT2D eigenvalue weighted by atomic mass is 35.5. The van der Waals surface area contributed by atoms with E-state index in [1.54, 1.807) is 6.07 Å². The molecule has 0 heterocycles. The molecule has 0 fully saturated rings. The molecular weight excluding hydrogens is 245 g/mol. The van der Waals surface area contributed by atoms with Gasteiger partial charge in [0.05, 0.1) is 16.7 Å². The Balaban J connectivity index is 2.80. The van der Waals surface area contributed by atoms with Crippen LogP contribution in [-0.4, -0.2) is 17.8 Å². The molecule has 0 bridgehead atoms. The lowest BCUT2D eigenvalue weighted by atomic mass is 10.1. The van der Waals surface area contributed by atoms with Gasteiger partial charge in [-0.3, -0.25) is 0 Å². The third-order valence-corrected chi connectivity index (χ3v) is 3.48. The summed E-state index contributed by atoms with van der Waals surface area (Å²) >= 11 is 12.1. The maximum atomic E-state index is 9.12. The first-order valence-corrected chi connectivity index (χ1v) is 6.16. The van der Waals surface area contributed by atoms with Crippen molar-refractivity contribution in [2.45, 2.75) is 32.4 Å². The zero-order valence-electron chi connectivity index (χ0n) is 9.50. The highest BCUT2D eigenvalue weighted by Crippen LogP contribution is 2.29. The average molecular weight is 262 g/mol. The van der Waals surface area contributed by atoms with E-state index in [-0.39, 0.29) is 18.7 Å². The summed E-state index contributed by atoms with van der Waals surface area (Å²) in [6, 6.07) is 5.74. The molecule has 0 aromatic heterocycles. The topological polar surface area (TPSA) is 32.3 Å². The van der Waals surface area contributed by atoms with E-state index in [1.807, 2.05) is 26.0 Å². The summed E-state index contributed by atoms with van der Waals surface area (Å²) in [7, 11) is 0. The van der Waals surface area contributed by atoms with Crippen molar-refractivity contribution in [3.8, 4) is 0 Å². The van der Waals surface area contributed by atoms with Crippen LogP contribution in [0.1, 0.15) is 31.9 Å². The van der Waals surface area contributed by atoms with Crippen LogP contribution in [-0.2, 0) is 0 Å². The van der Waals surface area contributed by atoms with E-state index in [1.165, 1.54) is 0 Å². The van der Waals surface area contributed by atoms with E-state index in [2.05, 4.69) is 5.32 Å². The highest BCUT2D eigenvalue weighted by Gasteiger charge is 2.14. The van der Waals surface area contributed by atoms with E-state index in [4.69, 9.17) is 28.3 Å². The molecular formula is C12H17Cl2NO. The van der Waals surface area contributed by atoms with Crippen LogP contribution in [0.5, 0.6) is 0 Å². The van der Waals surface area contributed by atoms with Gasteiger partial charge in [0.15, 0.2) is 0 Å². The van der Waals surface area contributed by atoms with E-state index in [0.29, 0.717) is 10.0 Å². The van der Waals surface area contributed by atoms with Crippen molar-refractivity contribution in [2.24, 2.45) is 0 Å². The van der Waals surface area contributed by atoms with Crippen molar-refractivity contribution in [2.75, 3.05) is 6.61 Å². The Hall–Kier alpha value is -0.280. The predicted octanol–water partition coefficient (Wildman–Crippen LogP) is 3.41. The van der Waals surface area contributed by atoms with Crippen LogP contribution < -0.4 is 5.32 Å². The first-order chi connectivity index (χ1) is 7.60. The van der Waals surface area contributed by atoms with Crippen LogP contribution in [0.25, 0.3) is 0 Å².